The van der Waals surface area contributed by atoms with Gasteiger partial charge >= 0.3 is 6.03 Å². The van der Waals surface area contributed by atoms with Crippen molar-refractivity contribution in [2.75, 3.05) is 18.4 Å². The van der Waals surface area contributed by atoms with Crippen molar-refractivity contribution in [2.24, 2.45) is 7.05 Å². The van der Waals surface area contributed by atoms with Crippen molar-refractivity contribution in [3.63, 3.8) is 0 Å². The van der Waals surface area contributed by atoms with Crippen LogP contribution in [0.5, 0.6) is 0 Å². The van der Waals surface area contributed by atoms with E-state index < -0.39 is 0 Å². The number of hydrogen-bond donors (Lipinski definition) is 2. The van der Waals surface area contributed by atoms with Crippen LogP contribution in [0.25, 0.3) is 0 Å². The molecule has 1 aromatic carbocycles. The quantitative estimate of drug-likeness (QED) is 0.612. The lowest BCUT2D eigenvalue weighted by Gasteiger charge is -2.35. The van der Waals surface area contributed by atoms with Gasteiger partial charge in [0.25, 0.3) is 0 Å². The Balaban J connectivity index is 1.49. The van der Waals surface area contributed by atoms with Crippen LogP contribution in [0, 0.1) is 0 Å². The summed E-state index contributed by atoms with van der Waals surface area (Å²) in [7, 11) is 1.83. The Labute approximate surface area is 181 Å². The van der Waals surface area contributed by atoms with Gasteiger partial charge in [-0.05, 0) is 40.5 Å². The number of benzene rings is 1. The molecule has 1 atom stereocenters. The van der Waals surface area contributed by atoms with Crippen molar-refractivity contribution in [3.05, 3.63) is 69.7 Å². The van der Waals surface area contributed by atoms with Crippen LogP contribution in [-0.4, -0.2) is 33.8 Å². The highest BCUT2D eigenvalue weighted by atomic mass is 32.1. The first-order valence-corrected chi connectivity index (χ1v) is 11.3. The van der Waals surface area contributed by atoms with Crippen LogP contribution in [0.3, 0.4) is 0 Å². The number of carbonyl (C=O) groups is 1. The molecule has 0 spiro atoms. The van der Waals surface area contributed by atoms with Crippen molar-refractivity contribution in [1.29, 1.82) is 0 Å². The monoisotopic (exact) mass is 423 g/mol. The third-order valence-corrected chi connectivity index (χ3v) is 6.71. The van der Waals surface area contributed by atoms with Crippen molar-refractivity contribution >= 4 is 23.1 Å². The lowest BCUT2D eigenvalue weighted by atomic mass is 9.97. The molecule has 0 saturated carbocycles. The van der Waals surface area contributed by atoms with E-state index in [2.05, 4.69) is 70.2 Å². The third kappa shape index (κ3) is 4.74. The second-order valence-corrected chi connectivity index (χ2v) is 9.17. The van der Waals surface area contributed by atoms with Crippen molar-refractivity contribution in [3.8, 4) is 0 Å². The summed E-state index contributed by atoms with van der Waals surface area (Å²) in [6.45, 7) is 6.88. The molecule has 4 rings (SSSR count). The van der Waals surface area contributed by atoms with Gasteiger partial charge in [0.1, 0.15) is 0 Å². The Morgan fingerprint density at radius 2 is 1.97 bits per heavy atom. The maximum atomic E-state index is 12.5. The van der Waals surface area contributed by atoms with Gasteiger partial charge in [-0.1, -0.05) is 38.1 Å². The number of nitrogens with one attached hydrogen (secondary N) is 2. The van der Waals surface area contributed by atoms with E-state index in [9.17, 15) is 4.79 Å². The fourth-order valence-corrected chi connectivity index (χ4v) is 4.84. The van der Waals surface area contributed by atoms with Gasteiger partial charge in [0.2, 0.25) is 0 Å². The van der Waals surface area contributed by atoms with Crippen molar-refractivity contribution in [1.82, 2.24) is 20.0 Å². The molecule has 0 fully saturated rings. The third-order valence-electron chi connectivity index (χ3n) is 5.68. The fraction of sp³-hybridized carbons (Fsp3) is 0.391. The molecule has 1 aliphatic rings. The van der Waals surface area contributed by atoms with Crippen LogP contribution in [-0.2, 0) is 20.0 Å². The molecule has 158 valence electrons. The summed E-state index contributed by atoms with van der Waals surface area (Å²) in [6, 6.07) is 11.0. The first kappa shape index (κ1) is 20.6. The van der Waals surface area contributed by atoms with Crippen molar-refractivity contribution < 1.29 is 4.79 Å². The molecule has 6 nitrogen and oxygen atoms in total. The number of hydrogen-bond acceptors (Lipinski definition) is 4. The van der Waals surface area contributed by atoms with Gasteiger partial charge in [-0.2, -0.15) is 5.10 Å². The molecular weight excluding hydrogens is 394 g/mol. The van der Waals surface area contributed by atoms with Gasteiger partial charge in [0.05, 0.1) is 17.9 Å². The number of urea groups is 1. The fourth-order valence-electron chi connectivity index (χ4n) is 3.95. The molecular formula is C23H29N5OS. The molecule has 1 aliphatic heterocycles. The molecule has 0 radical (unpaired) electrons. The highest BCUT2D eigenvalue weighted by molar-refractivity contribution is 7.10. The summed E-state index contributed by atoms with van der Waals surface area (Å²) in [5.41, 5.74) is 4.67. The van der Waals surface area contributed by atoms with Crippen LogP contribution in [0.2, 0.25) is 0 Å². The Bertz CT molecular complexity index is 991. The van der Waals surface area contributed by atoms with Crippen LogP contribution in [0.15, 0.2) is 48.1 Å². The minimum Gasteiger partial charge on any atom is -0.336 e. The summed E-state index contributed by atoms with van der Waals surface area (Å²) in [5.74, 6) is 0.504. The minimum absolute atomic E-state index is 0.124. The van der Waals surface area contributed by atoms with Gasteiger partial charge in [0, 0.05) is 37.8 Å². The van der Waals surface area contributed by atoms with Gasteiger partial charge < -0.3 is 10.6 Å². The highest BCUT2D eigenvalue weighted by Crippen LogP contribution is 2.31. The average Bonchev–Trinajstić information content (AvgIpc) is 3.36. The Hall–Kier alpha value is -2.64. The summed E-state index contributed by atoms with van der Waals surface area (Å²) < 4.78 is 1.67. The van der Waals surface area contributed by atoms with E-state index >= 15 is 0 Å². The number of fused-ring (bicyclic) bond motifs is 1. The van der Waals surface area contributed by atoms with E-state index in [0.29, 0.717) is 18.2 Å². The minimum atomic E-state index is -0.208. The molecule has 2 N–H and O–H groups in total. The van der Waals surface area contributed by atoms with E-state index in [4.69, 9.17) is 0 Å². The first-order valence-electron chi connectivity index (χ1n) is 10.4. The van der Waals surface area contributed by atoms with Gasteiger partial charge in [-0.25, -0.2) is 4.79 Å². The molecule has 3 aromatic rings. The highest BCUT2D eigenvalue weighted by Gasteiger charge is 2.26. The Morgan fingerprint density at radius 3 is 2.67 bits per heavy atom. The molecule has 0 aliphatic carbocycles. The van der Waals surface area contributed by atoms with Crippen LogP contribution < -0.4 is 10.6 Å². The number of thiophene rings is 1. The van der Waals surface area contributed by atoms with E-state index in [1.165, 1.54) is 21.6 Å². The Morgan fingerprint density at radius 1 is 1.20 bits per heavy atom. The van der Waals surface area contributed by atoms with Gasteiger partial charge in [-0.3, -0.25) is 9.58 Å². The summed E-state index contributed by atoms with van der Waals surface area (Å²) in [6.07, 6.45) is 4.49. The number of aromatic nitrogens is 2. The van der Waals surface area contributed by atoms with Crippen LogP contribution >= 0.6 is 11.3 Å². The number of carbonyl (C=O) groups excluding carboxylic acids is 1. The molecule has 0 saturated heterocycles. The zero-order valence-electron chi connectivity index (χ0n) is 17.8. The average molecular weight is 424 g/mol. The number of anilines is 1. The van der Waals surface area contributed by atoms with E-state index in [1.807, 2.05) is 18.4 Å². The second-order valence-electron chi connectivity index (χ2n) is 8.16. The molecule has 2 aromatic heterocycles. The van der Waals surface area contributed by atoms with E-state index in [-0.39, 0.29) is 12.1 Å². The lowest BCUT2D eigenvalue weighted by molar-refractivity contribution is 0.177. The van der Waals surface area contributed by atoms with Gasteiger partial charge in [0.15, 0.2) is 0 Å². The maximum absolute atomic E-state index is 12.5. The normalized spacial score (nSPS) is 15.1. The van der Waals surface area contributed by atoms with Crippen LogP contribution in [0.1, 0.15) is 47.4 Å². The largest absolute Gasteiger partial charge is 0.336 e. The standard InChI is InChI=1S/C23H29N5OS/c1-16(2)17-4-6-18(7-5-17)21(28-10-8-22-19(14-28)9-11-30-22)13-24-23(29)26-20-12-25-27(3)15-20/h4-7,9,11-12,15-16,21H,8,10,13-14H2,1-3H3,(H2,24,26,29). The molecule has 30 heavy (non-hydrogen) atoms. The number of aryl methyl sites for hydroxylation is 1. The number of nitrogens with zero attached hydrogens (tertiary/aromatic N) is 3. The Kier molecular flexibility index (Phi) is 6.20. The lowest BCUT2D eigenvalue weighted by Crippen LogP contribution is -2.41. The van der Waals surface area contributed by atoms with E-state index in [0.717, 1.165) is 19.5 Å². The predicted molar refractivity (Wildman–Crippen MR) is 122 cm³/mol. The van der Waals surface area contributed by atoms with Gasteiger partial charge in [-0.15, -0.1) is 11.3 Å². The maximum Gasteiger partial charge on any atom is 0.319 e. The zero-order chi connectivity index (χ0) is 21.1. The summed E-state index contributed by atoms with van der Waals surface area (Å²) in [4.78, 5) is 16.4. The molecule has 2 amide bonds. The first-order chi connectivity index (χ1) is 14.5. The molecule has 7 heteroatoms. The SMILES string of the molecule is CC(C)c1ccc(C(CNC(=O)Nc2cnn(C)c2)N2CCc3sccc3C2)cc1. The number of amides is 2. The summed E-state index contributed by atoms with van der Waals surface area (Å²) in [5, 5.41) is 12.2. The molecule has 0 bridgehead atoms. The topological polar surface area (TPSA) is 62.2 Å². The second kappa shape index (κ2) is 9.02. The molecule has 3 heterocycles. The van der Waals surface area contributed by atoms with Crippen LogP contribution in [0.4, 0.5) is 10.5 Å². The summed E-state index contributed by atoms with van der Waals surface area (Å²) >= 11 is 1.85. The smallest absolute Gasteiger partial charge is 0.319 e. The van der Waals surface area contributed by atoms with E-state index in [1.54, 1.807) is 17.1 Å². The number of rotatable bonds is 6. The predicted octanol–water partition coefficient (Wildman–Crippen LogP) is 4.53. The molecule has 1 unspecified atom stereocenters. The zero-order valence-corrected chi connectivity index (χ0v) is 18.6. The van der Waals surface area contributed by atoms with Crippen molar-refractivity contribution in [2.45, 2.75) is 38.8 Å².